The van der Waals surface area contributed by atoms with Crippen LogP contribution in [0.1, 0.15) is 47.4 Å². The third-order valence-electron chi connectivity index (χ3n) is 5.60. The minimum absolute atomic E-state index is 0.0768. The SMILES string of the molecule is COc1cccc(Nc2nc3c(c(Nc4c(C)cccc4C)n2)C(=O)CC(C)(C)C3)c1. The summed E-state index contributed by atoms with van der Waals surface area (Å²) in [6.07, 6.45) is 1.19. The fourth-order valence-corrected chi connectivity index (χ4v) is 4.07. The maximum absolute atomic E-state index is 13.1. The number of benzene rings is 2. The minimum Gasteiger partial charge on any atom is -0.497 e. The number of para-hydroxylation sites is 1. The highest BCUT2D eigenvalue weighted by Crippen LogP contribution is 2.38. The Morgan fingerprint density at radius 2 is 1.68 bits per heavy atom. The van der Waals surface area contributed by atoms with Crippen LogP contribution in [0.15, 0.2) is 42.5 Å². The highest BCUT2D eigenvalue weighted by Gasteiger charge is 2.35. The maximum Gasteiger partial charge on any atom is 0.229 e. The van der Waals surface area contributed by atoms with Gasteiger partial charge in [0.15, 0.2) is 5.78 Å². The van der Waals surface area contributed by atoms with Crippen LogP contribution < -0.4 is 15.4 Å². The van der Waals surface area contributed by atoms with Crippen molar-refractivity contribution in [2.75, 3.05) is 17.7 Å². The molecule has 31 heavy (non-hydrogen) atoms. The Morgan fingerprint density at radius 1 is 0.968 bits per heavy atom. The number of hydrogen-bond donors (Lipinski definition) is 2. The number of ketones is 1. The number of aromatic nitrogens is 2. The highest BCUT2D eigenvalue weighted by molar-refractivity contribution is 6.03. The lowest BCUT2D eigenvalue weighted by atomic mass is 9.75. The van der Waals surface area contributed by atoms with Crippen molar-refractivity contribution in [1.82, 2.24) is 9.97 Å². The lowest BCUT2D eigenvalue weighted by Crippen LogP contribution is -2.29. The van der Waals surface area contributed by atoms with Gasteiger partial charge in [0, 0.05) is 23.9 Å². The Balaban J connectivity index is 1.80. The lowest BCUT2D eigenvalue weighted by molar-refractivity contribution is 0.0911. The van der Waals surface area contributed by atoms with Crippen molar-refractivity contribution in [3.8, 4) is 5.75 Å². The monoisotopic (exact) mass is 416 g/mol. The van der Waals surface area contributed by atoms with Crippen molar-refractivity contribution < 1.29 is 9.53 Å². The van der Waals surface area contributed by atoms with E-state index in [0.29, 0.717) is 30.2 Å². The van der Waals surface area contributed by atoms with E-state index in [4.69, 9.17) is 14.7 Å². The molecule has 0 spiro atoms. The van der Waals surface area contributed by atoms with Crippen LogP contribution in [0, 0.1) is 19.3 Å². The van der Waals surface area contributed by atoms with Crippen LogP contribution in [0.25, 0.3) is 0 Å². The maximum atomic E-state index is 13.1. The number of carbonyl (C=O) groups is 1. The summed E-state index contributed by atoms with van der Waals surface area (Å²) in [5.41, 5.74) is 5.21. The first-order chi connectivity index (χ1) is 14.8. The summed E-state index contributed by atoms with van der Waals surface area (Å²) in [6, 6.07) is 13.7. The van der Waals surface area contributed by atoms with Crippen molar-refractivity contribution in [3.05, 3.63) is 64.8 Å². The van der Waals surface area contributed by atoms with Crippen LogP contribution >= 0.6 is 0 Å². The fraction of sp³-hybridized carbons (Fsp3) is 0.320. The molecule has 6 heteroatoms. The first-order valence-electron chi connectivity index (χ1n) is 10.4. The molecule has 0 aliphatic heterocycles. The van der Waals surface area contributed by atoms with Crippen molar-refractivity contribution >= 4 is 28.9 Å². The number of ether oxygens (including phenoxy) is 1. The third-order valence-corrected chi connectivity index (χ3v) is 5.60. The second kappa shape index (κ2) is 8.02. The summed E-state index contributed by atoms with van der Waals surface area (Å²) in [4.78, 5) is 22.5. The summed E-state index contributed by atoms with van der Waals surface area (Å²) >= 11 is 0. The van der Waals surface area contributed by atoms with Crippen molar-refractivity contribution in [3.63, 3.8) is 0 Å². The van der Waals surface area contributed by atoms with Crippen LogP contribution in [-0.2, 0) is 6.42 Å². The van der Waals surface area contributed by atoms with Gasteiger partial charge in [-0.2, -0.15) is 4.98 Å². The molecule has 1 aliphatic carbocycles. The largest absolute Gasteiger partial charge is 0.497 e. The summed E-state index contributed by atoms with van der Waals surface area (Å²) < 4.78 is 5.32. The van der Waals surface area contributed by atoms with Crippen LogP contribution in [0.2, 0.25) is 0 Å². The molecule has 1 aliphatic rings. The molecule has 1 heterocycles. The molecular formula is C25H28N4O2. The number of aryl methyl sites for hydroxylation is 2. The summed E-state index contributed by atoms with van der Waals surface area (Å²) in [5.74, 6) is 1.82. The van der Waals surface area contributed by atoms with E-state index < -0.39 is 0 Å². The number of nitrogens with one attached hydrogen (secondary N) is 2. The van der Waals surface area contributed by atoms with Crippen LogP contribution in [-0.4, -0.2) is 22.9 Å². The van der Waals surface area contributed by atoms with Crippen molar-refractivity contribution in [2.24, 2.45) is 5.41 Å². The predicted molar refractivity (Wildman–Crippen MR) is 124 cm³/mol. The van der Waals surface area contributed by atoms with Crippen LogP contribution in [0.5, 0.6) is 5.75 Å². The Labute approximate surface area is 183 Å². The molecule has 2 N–H and O–H groups in total. The molecule has 0 atom stereocenters. The molecule has 0 bridgehead atoms. The van der Waals surface area contributed by atoms with Crippen LogP contribution in [0.4, 0.5) is 23.1 Å². The van der Waals surface area contributed by atoms with Crippen molar-refractivity contribution in [2.45, 2.75) is 40.5 Å². The number of nitrogens with zero attached hydrogens (tertiary/aromatic N) is 2. The van der Waals surface area contributed by atoms with Gasteiger partial charge in [-0.15, -0.1) is 0 Å². The van der Waals surface area contributed by atoms with Gasteiger partial charge in [0.25, 0.3) is 0 Å². The molecule has 0 fully saturated rings. The molecule has 160 valence electrons. The number of fused-ring (bicyclic) bond motifs is 1. The molecule has 2 aromatic carbocycles. The molecule has 0 saturated carbocycles. The highest BCUT2D eigenvalue weighted by atomic mass is 16.5. The molecule has 0 amide bonds. The van der Waals surface area contributed by atoms with E-state index in [2.05, 4.69) is 24.5 Å². The first kappa shape index (κ1) is 20.8. The zero-order valence-electron chi connectivity index (χ0n) is 18.7. The Hall–Kier alpha value is -3.41. The van der Waals surface area contributed by atoms with E-state index in [1.54, 1.807) is 7.11 Å². The number of hydrogen-bond acceptors (Lipinski definition) is 6. The summed E-state index contributed by atoms with van der Waals surface area (Å²) in [6.45, 7) is 8.29. The molecule has 3 aromatic rings. The van der Waals surface area contributed by atoms with E-state index in [-0.39, 0.29) is 11.2 Å². The Morgan fingerprint density at radius 3 is 2.39 bits per heavy atom. The van der Waals surface area contributed by atoms with Crippen LogP contribution in [0.3, 0.4) is 0 Å². The molecule has 4 rings (SSSR count). The van der Waals surface area contributed by atoms with E-state index >= 15 is 0 Å². The smallest absolute Gasteiger partial charge is 0.229 e. The van der Waals surface area contributed by atoms with E-state index in [1.807, 2.05) is 56.3 Å². The standard InChI is InChI=1S/C25H28N4O2/c1-15-8-6-9-16(2)22(15)28-23-21-19(13-25(3,4)14-20(21)30)27-24(29-23)26-17-10-7-11-18(12-17)31-5/h6-12H,13-14H2,1-5H3,(H2,26,27,28,29). The van der Waals surface area contributed by atoms with Gasteiger partial charge in [-0.05, 0) is 48.9 Å². The number of Topliss-reactive ketones (excluding diaryl/α,β-unsaturated/α-hetero) is 1. The molecule has 1 aromatic heterocycles. The number of carbonyl (C=O) groups excluding carboxylic acids is 1. The normalized spacial score (nSPS) is 14.7. The van der Waals surface area contributed by atoms with Gasteiger partial charge in [-0.25, -0.2) is 4.98 Å². The van der Waals surface area contributed by atoms with E-state index in [9.17, 15) is 4.79 Å². The predicted octanol–water partition coefficient (Wildman–Crippen LogP) is 5.74. The zero-order chi connectivity index (χ0) is 22.2. The molecule has 0 radical (unpaired) electrons. The van der Waals surface area contributed by atoms with E-state index in [1.165, 1.54) is 0 Å². The second-order valence-electron chi connectivity index (χ2n) is 8.91. The lowest BCUT2D eigenvalue weighted by Gasteiger charge is -2.30. The number of rotatable bonds is 5. The van der Waals surface area contributed by atoms with Gasteiger partial charge in [0.05, 0.1) is 18.4 Å². The number of anilines is 4. The molecule has 0 unspecified atom stereocenters. The summed E-state index contributed by atoms with van der Waals surface area (Å²) in [5, 5.41) is 6.71. The average Bonchev–Trinajstić information content (AvgIpc) is 2.69. The second-order valence-corrected chi connectivity index (χ2v) is 8.91. The fourth-order valence-electron chi connectivity index (χ4n) is 4.07. The minimum atomic E-state index is -0.137. The van der Waals surface area contributed by atoms with Gasteiger partial charge in [-0.3, -0.25) is 4.79 Å². The topological polar surface area (TPSA) is 76.1 Å². The molecular weight excluding hydrogens is 388 g/mol. The Bertz CT molecular complexity index is 1130. The van der Waals surface area contributed by atoms with Gasteiger partial charge >= 0.3 is 0 Å². The third kappa shape index (κ3) is 4.38. The zero-order valence-corrected chi connectivity index (χ0v) is 18.7. The summed E-state index contributed by atoms with van der Waals surface area (Å²) in [7, 11) is 1.63. The van der Waals surface area contributed by atoms with Gasteiger partial charge < -0.3 is 15.4 Å². The Kier molecular flexibility index (Phi) is 5.39. The first-order valence-corrected chi connectivity index (χ1v) is 10.4. The van der Waals surface area contributed by atoms with Crippen molar-refractivity contribution in [1.29, 1.82) is 0 Å². The van der Waals surface area contributed by atoms with Gasteiger partial charge in [0.2, 0.25) is 5.95 Å². The van der Waals surface area contributed by atoms with E-state index in [0.717, 1.165) is 33.9 Å². The van der Waals surface area contributed by atoms with Gasteiger partial charge in [-0.1, -0.05) is 38.1 Å². The molecule has 6 nitrogen and oxygen atoms in total. The quantitative estimate of drug-likeness (QED) is 0.552. The molecule has 0 saturated heterocycles. The number of methoxy groups -OCH3 is 1. The van der Waals surface area contributed by atoms with Gasteiger partial charge in [0.1, 0.15) is 11.6 Å². The average molecular weight is 417 g/mol.